The van der Waals surface area contributed by atoms with E-state index < -0.39 is 0 Å². The van der Waals surface area contributed by atoms with Gasteiger partial charge in [0.2, 0.25) is 0 Å². The second-order valence-corrected chi connectivity index (χ2v) is 9.16. The SMILES string of the molecule is Cc1nc(NC(=S)NCC2(c3ccc(F)cc3)CCCCC2)c(Br)cc1Br. The Labute approximate surface area is 181 Å². The van der Waals surface area contributed by atoms with E-state index in [9.17, 15) is 4.39 Å². The normalized spacial score (nSPS) is 16.0. The van der Waals surface area contributed by atoms with Crippen molar-refractivity contribution >= 4 is 55.0 Å². The van der Waals surface area contributed by atoms with Crippen LogP contribution in [0.5, 0.6) is 0 Å². The monoisotopic (exact) mass is 513 g/mol. The lowest BCUT2D eigenvalue weighted by molar-refractivity contribution is 0.292. The van der Waals surface area contributed by atoms with Gasteiger partial charge in [-0.05, 0) is 87.6 Å². The average molecular weight is 515 g/mol. The molecule has 1 aliphatic carbocycles. The standard InChI is InChI=1S/C20H22Br2FN3S/c1-13-16(21)11-17(22)18(25-13)26-19(27)24-12-20(9-3-2-4-10-20)14-5-7-15(23)8-6-14/h5-8,11H,2-4,9-10,12H2,1H3,(H2,24,25,26,27). The maximum atomic E-state index is 13.4. The number of hydrogen-bond donors (Lipinski definition) is 2. The lowest BCUT2D eigenvalue weighted by atomic mass is 9.69. The van der Waals surface area contributed by atoms with Crippen molar-refractivity contribution in [2.45, 2.75) is 44.4 Å². The Morgan fingerprint density at radius 3 is 2.48 bits per heavy atom. The summed E-state index contributed by atoms with van der Waals surface area (Å²) in [6, 6.07) is 8.88. The lowest BCUT2D eigenvalue weighted by Gasteiger charge is -2.38. The maximum absolute atomic E-state index is 13.4. The number of thiocarbonyl (C=S) groups is 1. The highest BCUT2D eigenvalue weighted by atomic mass is 79.9. The van der Waals surface area contributed by atoms with Crippen LogP contribution < -0.4 is 10.6 Å². The Balaban J connectivity index is 1.71. The fourth-order valence-electron chi connectivity index (χ4n) is 3.65. The van der Waals surface area contributed by atoms with Crippen molar-refractivity contribution in [1.29, 1.82) is 0 Å². The molecule has 1 aromatic carbocycles. The largest absolute Gasteiger partial charge is 0.362 e. The molecule has 1 heterocycles. The molecule has 0 aliphatic heterocycles. The van der Waals surface area contributed by atoms with Gasteiger partial charge in [0.15, 0.2) is 5.11 Å². The van der Waals surface area contributed by atoms with Crippen LogP contribution in [-0.4, -0.2) is 16.6 Å². The number of halogens is 3. The van der Waals surface area contributed by atoms with E-state index in [1.807, 2.05) is 25.1 Å². The summed E-state index contributed by atoms with van der Waals surface area (Å²) in [4.78, 5) is 4.52. The Bertz CT molecular complexity index is 821. The van der Waals surface area contributed by atoms with Crippen LogP contribution in [-0.2, 0) is 5.41 Å². The number of rotatable bonds is 4. The number of pyridine rings is 1. The first-order valence-corrected chi connectivity index (χ1v) is 11.0. The van der Waals surface area contributed by atoms with E-state index in [0.29, 0.717) is 10.9 Å². The Morgan fingerprint density at radius 1 is 1.15 bits per heavy atom. The van der Waals surface area contributed by atoms with Gasteiger partial charge >= 0.3 is 0 Å². The first-order chi connectivity index (χ1) is 12.9. The molecule has 1 aromatic heterocycles. The zero-order valence-corrected chi connectivity index (χ0v) is 19.1. The number of hydrogen-bond acceptors (Lipinski definition) is 2. The molecule has 3 rings (SSSR count). The van der Waals surface area contributed by atoms with Crippen molar-refractivity contribution in [3.63, 3.8) is 0 Å². The van der Waals surface area contributed by atoms with Gasteiger partial charge in [-0.25, -0.2) is 9.37 Å². The fraction of sp³-hybridized carbons (Fsp3) is 0.400. The van der Waals surface area contributed by atoms with E-state index in [4.69, 9.17) is 12.2 Å². The molecule has 1 aliphatic rings. The highest BCUT2D eigenvalue weighted by Gasteiger charge is 2.34. The molecule has 0 saturated heterocycles. The first kappa shape index (κ1) is 20.7. The van der Waals surface area contributed by atoms with Crippen molar-refractivity contribution < 1.29 is 4.39 Å². The van der Waals surface area contributed by atoms with Crippen molar-refractivity contribution in [1.82, 2.24) is 10.3 Å². The van der Waals surface area contributed by atoms with Crippen LogP contribution in [0.3, 0.4) is 0 Å². The number of nitrogens with zero attached hydrogens (tertiary/aromatic N) is 1. The third-order valence-corrected chi connectivity index (χ3v) is 6.84. The molecule has 0 spiro atoms. The summed E-state index contributed by atoms with van der Waals surface area (Å²) in [5, 5.41) is 7.09. The topological polar surface area (TPSA) is 37.0 Å². The quantitative estimate of drug-likeness (QED) is 0.473. The minimum atomic E-state index is -0.198. The van der Waals surface area contributed by atoms with E-state index in [1.165, 1.54) is 24.8 Å². The third-order valence-electron chi connectivity index (χ3n) is 5.19. The Morgan fingerprint density at radius 2 is 1.81 bits per heavy atom. The van der Waals surface area contributed by atoms with Crippen LogP contribution in [0.25, 0.3) is 0 Å². The summed E-state index contributed by atoms with van der Waals surface area (Å²) < 4.78 is 15.2. The van der Waals surface area contributed by atoms with Gasteiger partial charge in [-0.2, -0.15) is 0 Å². The van der Waals surface area contributed by atoms with Crippen molar-refractivity contribution in [3.8, 4) is 0 Å². The van der Waals surface area contributed by atoms with Crippen molar-refractivity contribution in [3.05, 3.63) is 56.4 Å². The Hall–Kier alpha value is -1.05. The van der Waals surface area contributed by atoms with Gasteiger partial charge in [0.25, 0.3) is 0 Å². The van der Waals surface area contributed by atoms with Gasteiger partial charge in [-0.3, -0.25) is 0 Å². The minimum absolute atomic E-state index is 0.0159. The molecule has 0 atom stereocenters. The predicted molar refractivity (Wildman–Crippen MR) is 120 cm³/mol. The van der Waals surface area contributed by atoms with Crippen LogP contribution in [0.15, 0.2) is 39.3 Å². The van der Waals surface area contributed by atoms with E-state index in [1.54, 1.807) is 12.1 Å². The fourth-order valence-corrected chi connectivity index (χ4v) is 4.86. The van der Waals surface area contributed by atoms with E-state index >= 15 is 0 Å². The molecule has 2 aromatic rings. The summed E-state index contributed by atoms with van der Waals surface area (Å²) in [5.74, 6) is 0.490. The maximum Gasteiger partial charge on any atom is 0.172 e. The smallest absolute Gasteiger partial charge is 0.172 e. The molecule has 0 amide bonds. The second-order valence-electron chi connectivity index (χ2n) is 7.04. The summed E-state index contributed by atoms with van der Waals surface area (Å²) in [5.41, 5.74) is 2.05. The lowest BCUT2D eigenvalue weighted by Crippen LogP contribution is -2.43. The van der Waals surface area contributed by atoms with Gasteiger partial charge < -0.3 is 10.6 Å². The molecule has 2 N–H and O–H groups in total. The molecule has 3 nitrogen and oxygen atoms in total. The number of aromatic nitrogens is 1. The molecule has 0 radical (unpaired) electrons. The molecule has 0 unspecified atom stereocenters. The minimum Gasteiger partial charge on any atom is -0.362 e. The highest BCUT2D eigenvalue weighted by molar-refractivity contribution is 9.11. The number of aryl methyl sites for hydroxylation is 1. The van der Waals surface area contributed by atoms with Gasteiger partial charge in [-0.15, -0.1) is 0 Å². The second kappa shape index (κ2) is 8.97. The first-order valence-electron chi connectivity index (χ1n) is 9.03. The number of anilines is 1. The average Bonchev–Trinajstić information content (AvgIpc) is 2.66. The zero-order chi connectivity index (χ0) is 19.4. The van der Waals surface area contributed by atoms with Crippen molar-refractivity contribution in [2.75, 3.05) is 11.9 Å². The number of nitrogens with one attached hydrogen (secondary N) is 2. The van der Waals surface area contributed by atoms with Crippen molar-refractivity contribution in [2.24, 2.45) is 0 Å². The molecule has 7 heteroatoms. The van der Waals surface area contributed by atoms with Crippen LogP contribution in [0.4, 0.5) is 10.2 Å². The van der Waals surface area contributed by atoms with Crippen LogP contribution in [0.1, 0.15) is 43.4 Å². The van der Waals surface area contributed by atoms with Crippen LogP contribution >= 0.6 is 44.1 Å². The third kappa shape index (κ3) is 5.06. The molecule has 144 valence electrons. The van der Waals surface area contributed by atoms with Gasteiger partial charge in [0.1, 0.15) is 11.6 Å². The summed E-state index contributed by atoms with van der Waals surface area (Å²) >= 11 is 12.5. The molecule has 1 saturated carbocycles. The number of benzene rings is 1. The Kier molecular flexibility index (Phi) is 6.87. The summed E-state index contributed by atoms with van der Waals surface area (Å²) in [6.45, 7) is 2.65. The van der Waals surface area contributed by atoms with Crippen LogP contribution in [0, 0.1) is 12.7 Å². The molecule has 1 fully saturated rings. The van der Waals surface area contributed by atoms with Gasteiger partial charge in [-0.1, -0.05) is 31.4 Å². The predicted octanol–water partition coefficient (Wildman–Crippen LogP) is 6.24. The molecule has 27 heavy (non-hydrogen) atoms. The zero-order valence-electron chi connectivity index (χ0n) is 15.1. The highest BCUT2D eigenvalue weighted by Crippen LogP contribution is 2.39. The van der Waals surface area contributed by atoms with Crippen LogP contribution in [0.2, 0.25) is 0 Å². The van der Waals surface area contributed by atoms with E-state index in [-0.39, 0.29) is 11.2 Å². The molecular weight excluding hydrogens is 493 g/mol. The summed E-state index contributed by atoms with van der Waals surface area (Å²) in [6.07, 6.45) is 5.76. The van der Waals surface area contributed by atoms with E-state index in [2.05, 4.69) is 47.5 Å². The molecule has 0 bridgehead atoms. The van der Waals surface area contributed by atoms with E-state index in [0.717, 1.165) is 34.0 Å². The van der Waals surface area contributed by atoms with Gasteiger partial charge in [0.05, 0.1) is 10.2 Å². The molecular formula is C20H22Br2FN3S. The summed E-state index contributed by atoms with van der Waals surface area (Å²) in [7, 11) is 0. The van der Waals surface area contributed by atoms with Gasteiger partial charge in [0, 0.05) is 16.4 Å².